The summed E-state index contributed by atoms with van der Waals surface area (Å²) in [6.07, 6.45) is -11.9. The van der Waals surface area contributed by atoms with Crippen molar-refractivity contribution in [2.45, 2.75) is 89.1 Å². The Morgan fingerprint density at radius 2 is 1.25 bits per heavy atom. The Hall–Kier alpha value is -3.95. The van der Waals surface area contributed by atoms with E-state index >= 15 is 4.39 Å². The number of nitrogen functional groups attached to an aromatic ring is 2. The standard InChI is InChI=1S/C30H39FN10O15P2S2/c1-13(2)51-29(43)47-11-59-57(45)49-5-15-20(42)22(28(53-15)41-10-39-19-24(33)35-8-37-26(19)41)56-58(46,60-12-48-30(44)52-14(3)4)50-6-16-21(55-57)17(31)27(54-16)40-9-38-18-23(32)34-7-36-25(18)40/h7-10,13-17,20-22,27-28,42H,5-6,11-12H2,1-4H3,(H2,32,34,36)(H2,33,35,37)/t15-,16-,17+,20?,21?,22+,27-,28-,57?,58?/m1/s1. The van der Waals surface area contributed by atoms with Gasteiger partial charge < -0.3 is 45.0 Å². The van der Waals surface area contributed by atoms with Crippen LogP contribution in [-0.4, -0.2) is 130 Å². The quantitative estimate of drug-likeness (QED) is 0.115. The molecular weight excluding hydrogens is 885 g/mol. The van der Waals surface area contributed by atoms with Crippen molar-refractivity contribution in [2.24, 2.45) is 0 Å². The first-order valence-corrected chi connectivity index (χ1v) is 24.1. The molecule has 3 saturated heterocycles. The summed E-state index contributed by atoms with van der Waals surface area (Å²) in [6.45, 7) is -4.56. The number of carbonyl (C=O) groups is 2. The fraction of sp³-hybridized carbons (Fsp3) is 0.600. The van der Waals surface area contributed by atoms with Gasteiger partial charge in [0.25, 0.3) is 0 Å². The molecule has 0 aromatic carbocycles. The Balaban J connectivity index is 1.25. The molecule has 3 aliphatic heterocycles. The fourth-order valence-corrected chi connectivity index (χ4v) is 11.6. The number of imidazole rings is 2. The molecule has 3 fully saturated rings. The summed E-state index contributed by atoms with van der Waals surface area (Å²) in [5.41, 5.74) is 12.4. The number of aromatic nitrogens is 8. The molecule has 0 saturated carbocycles. The van der Waals surface area contributed by atoms with Gasteiger partial charge in [-0.15, -0.1) is 0 Å². The van der Waals surface area contributed by atoms with E-state index in [0.29, 0.717) is 22.8 Å². The number of alkyl halides is 1. The second-order valence-electron chi connectivity index (χ2n) is 13.5. The topological polar surface area (TPSA) is 320 Å². The average molecular weight is 925 g/mol. The van der Waals surface area contributed by atoms with Crippen molar-refractivity contribution in [1.82, 2.24) is 39.0 Å². The number of halogens is 1. The van der Waals surface area contributed by atoms with Crippen LogP contribution in [0.25, 0.3) is 22.3 Å². The molecule has 25 nitrogen and oxygen atoms in total. The minimum absolute atomic E-state index is 0.00820. The third-order valence-corrected chi connectivity index (χ3v) is 15.3. The monoisotopic (exact) mass is 924 g/mol. The second-order valence-corrected chi connectivity index (χ2v) is 21.4. The molecule has 10 atom stereocenters. The summed E-state index contributed by atoms with van der Waals surface area (Å²) in [5, 5.41) is 11.7. The van der Waals surface area contributed by atoms with Gasteiger partial charge in [0.15, 0.2) is 53.4 Å². The highest BCUT2D eigenvalue weighted by atomic mass is 32.7. The van der Waals surface area contributed by atoms with Crippen molar-refractivity contribution < 1.29 is 74.7 Å². The van der Waals surface area contributed by atoms with E-state index in [4.69, 9.17) is 58.0 Å². The molecule has 60 heavy (non-hydrogen) atoms. The summed E-state index contributed by atoms with van der Waals surface area (Å²) in [4.78, 5) is 49.0. The fourth-order valence-electron chi connectivity index (χ4n) is 6.04. The van der Waals surface area contributed by atoms with E-state index in [2.05, 4.69) is 29.9 Å². The average Bonchev–Trinajstić information content (AvgIpc) is 3.94. The lowest BCUT2D eigenvalue weighted by atomic mass is 10.1. The SMILES string of the molecule is CC(C)OC(=O)OCSP1(=O)OC[C@H]2O[C@@H](n3cnc4c(N)ncnc43)[C@@H](OP(=O)(SCOC(=O)OC(C)C)OC[C@H]3O[C@@H](n4cnc5c(N)ncnc54)[C@@H](F)C3O1)C2O. The lowest BCUT2D eigenvalue weighted by molar-refractivity contribution is -0.0569. The molecule has 0 spiro atoms. The van der Waals surface area contributed by atoms with E-state index in [0.717, 1.165) is 12.7 Å². The maximum atomic E-state index is 16.8. The number of nitrogens with zero attached hydrogens (tertiary/aromatic N) is 8. The molecule has 2 bridgehead atoms. The molecule has 0 amide bonds. The van der Waals surface area contributed by atoms with Crippen molar-refractivity contribution in [3.63, 3.8) is 0 Å². The minimum Gasteiger partial charge on any atom is -0.432 e. The Labute approximate surface area is 346 Å². The van der Waals surface area contributed by atoms with Crippen LogP contribution in [-0.2, 0) is 55.6 Å². The van der Waals surface area contributed by atoms with Crippen LogP contribution in [0.5, 0.6) is 0 Å². The Morgan fingerprint density at radius 3 is 1.77 bits per heavy atom. The summed E-state index contributed by atoms with van der Waals surface area (Å²) in [7, 11) is 0. The maximum Gasteiger partial charge on any atom is 0.509 e. The lowest BCUT2D eigenvalue weighted by Crippen LogP contribution is -2.35. The largest absolute Gasteiger partial charge is 0.509 e. The minimum atomic E-state index is -4.69. The number of nitrogens with two attached hydrogens (primary N) is 2. The van der Waals surface area contributed by atoms with Crippen molar-refractivity contribution in [3.05, 3.63) is 25.3 Å². The summed E-state index contributed by atoms with van der Waals surface area (Å²) in [6, 6.07) is 0. The molecule has 4 aromatic rings. The smallest absolute Gasteiger partial charge is 0.432 e. The number of ether oxygens (including phenoxy) is 6. The van der Waals surface area contributed by atoms with Gasteiger partial charge in [-0.3, -0.25) is 27.2 Å². The van der Waals surface area contributed by atoms with E-state index < -0.39 is 112 Å². The summed E-state index contributed by atoms with van der Waals surface area (Å²) < 4.78 is 105. The molecule has 0 aliphatic carbocycles. The third-order valence-electron chi connectivity index (χ3n) is 8.64. The lowest BCUT2D eigenvalue weighted by Gasteiger charge is -2.28. The van der Waals surface area contributed by atoms with Crippen LogP contribution < -0.4 is 11.5 Å². The molecule has 4 aromatic heterocycles. The zero-order valence-electron chi connectivity index (χ0n) is 31.9. The third kappa shape index (κ3) is 9.57. The van der Waals surface area contributed by atoms with Gasteiger partial charge in [0.2, 0.25) is 0 Å². The highest BCUT2D eigenvalue weighted by Gasteiger charge is 2.55. The number of fused-ring (bicyclic) bond motifs is 5. The van der Waals surface area contributed by atoms with Crippen molar-refractivity contribution in [3.8, 4) is 0 Å². The maximum absolute atomic E-state index is 16.8. The van der Waals surface area contributed by atoms with Gasteiger partial charge >= 0.3 is 25.9 Å². The highest BCUT2D eigenvalue weighted by Crippen LogP contribution is 2.66. The zero-order valence-corrected chi connectivity index (χ0v) is 35.3. The van der Waals surface area contributed by atoms with E-state index in [1.165, 1.54) is 21.8 Å². The van der Waals surface area contributed by atoms with Crippen LogP contribution in [0.4, 0.5) is 25.6 Å². The van der Waals surface area contributed by atoms with E-state index in [9.17, 15) is 23.8 Å². The molecule has 7 rings (SSSR count). The highest BCUT2D eigenvalue weighted by molar-refractivity contribution is 8.55. The van der Waals surface area contributed by atoms with Gasteiger partial charge in [-0.1, -0.05) is 0 Å². The van der Waals surface area contributed by atoms with Crippen LogP contribution in [0.2, 0.25) is 0 Å². The summed E-state index contributed by atoms with van der Waals surface area (Å²) >= 11 is 0.722. The number of rotatable bonds is 10. The van der Waals surface area contributed by atoms with Gasteiger partial charge in [0.1, 0.15) is 54.2 Å². The van der Waals surface area contributed by atoms with E-state index in [1.807, 2.05) is 0 Å². The molecule has 30 heteroatoms. The van der Waals surface area contributed by atoms with Crippen molar-refractivity contribution in [2.75, 3.05) is 36.6 Å². The first kappa shape index (κ1) is 44.1. The predicted molar refractivity (Wildman–Crippen MR) is 205 cm³/mol. The van der Waals surface area contributed by atoms with Crippen molar-refractivity contribution >= 4 is 82.6 Å². The normalized spacial score (nSPS) is 31.1. The number of aliphatic hydroxyl groups is 1. The zero-order chi connectivity index (χ0) is 42.9. The van der Waals surface area contributed by atoms with Crippen LogP contribution in [0.3, 0.4) is 0 Å². The van der Waals surface area contributed by atoms with Gasteiger partial charge in [-0.05, 0) is 27.7 Å². The van der Waals surface area contributed by atoms with E-state index in [1.54, 1.807) is 27.7 Å². The van der Waals surface area contributed by atoms with Crippen LogP contribution in [0.1, 0.15) is 40.2 Å². The molecular formula is C30H39FN10O15P2S2. The Morgan fingerprint density at radius 1 is 0.783 bits per heavy atom. The molecule has 0 radical (unpaired) electrons. The molecule has 5 N–H and O–H groups in total. The number of anilines is 2. The van der Waals surface area contributed by atoms with Gasteiger partial charge in [0, 0.05) is 22.8 Å². The van der Waals surface area contributed by atoms with Crippen molar-refractivity contribution in [1.29, 1.82) is 0 Å². The number of carbonyl (C=O) groups excluding carboxylic acids is 2. The van der Waals surface area contributed by atoms with Gasteiger partial charge in [-0.2, -0.15) is 0 Å². The van der Waals surface area contributed by atoms with Crippen LogP contribution in [0.15, 0.2) is 25.3 Å². The van der Waals surface area contributed by atoms with Gasteiger partial charge in [0.05, 0.1) is 38.1 Å². The number of hydrogen-bond acceptors (Lipinski definition) is 25. The van der Waals surface area contributed by atoms with Crippen LogP contribution in [0, 0.1) is 0 Å². The number of aliphatic hydroxyl groups excluding tert-OH is 1. The Kier molecular flexibility index (Phi) is 13.4. The predicted octanol–water partition coefficient (Wildman–Crippen LogP) is 3.86. The molecule has 4 unspecified atom stereocenters. The van der Waals surface area contributed by atoms with Crippen LogP contribution >= 0.6 is 36.4 Å². The van der Waals surface area contributed by atoms with Gasteiger partial charge in [-0.25, -0.2) is 53.0 Å². The first-order chi connectivity index (χ1) is 28.5. The second kappa shape index (κ2) is 18.2. The molecule has 328 valence electrons. The number of hydrogen-bond donors (Lipinski definition) is 3. The Bertz CT molecular complexity index is 2300. The molecule has 7 heterocycles. The summed E-state index contributed by atoms with van der Waals surface area (Å²) in [5.74, 6) is -1.33. The molecule has 3 aliphatic rings. The van der Waals surface area contributed by atoms with E-state index in [-0.39, 0.29) is 34.0 Å². The first-order valence-electron chi connectivity index (χ1n) is 17.9.